The Morgan fingerprint density at radius 1 is 1.30 bits per heavy atom. The summed E-state index contributed by atoms with van der Waals surface area (Å²) in [6.45, 7) is 6.37. The molecule has 5 atom stereocenters. The summed E-state index contributed by atoms with van der Waals surface area (Å²) in [7, 11) is 6.33. The molecule has 1 aliphatic heterocycles. The zero-order valence-corrected chi connectivity index (χ0v) is 13.7. The highest BCUT2D eigenvalue weighted by molar-refractivity contribution is 5.78. The van der Waals surface area contributed by atoms with Gasteiger partial charge in [0.2, 0.25) is 5.91 Å². The maximum atomic E-state index is 12.3. The maximum absolute atomic E-state index is 12.3. The summed E-state index contributed by atoms with van der Waals surface area (Å²) >= 11 is 0. The van der Waals surface area contributed by atoms with Gasteiger partial charge in [0.05, 0.1) is 0 Å². The standard InChI is InChI=1S/C16H31N3O/c1-11-12(2)19(5)15-7-6-13(10-14(11)15)16(20)17-8-9-18(3)4/h11-15H,6-10H2,1-5H3,(H,17,20). The number of rotatable bonds is 4. The van der Waals surface area contributed by atoms with Crippen LogP contribution in [0.15, 0.2) is 0 Å². The monoisotopic (exact) mass is 281 g/mol. The number of hydrogen-bond acceptors (Lipinski definition) is 3. The van der Waals surface area contributed by atoms with Crippen LogP contribution in [0, 0.1) is 17.8 Å². The molecule has 0 aromatic carbocycles. The quantitative estimate of drug-likeness (QED) is 0.846. The molecule has 1 N–H and O–H groups in total. The maximum Gasteiger partial charge on any atom is 0.223 e. The van der Waals surface area contributed by atoms with Crippen LogP contribution in [-0.4, -0.2) is 62.0 Å². The molecule has 4 heteroatoms. The van der Waals surface area contributed by atoms with E-state index in [2.05, 4.69) is 36.0 Å². The van der Waals surface area contributed by atoms with Gasteiger partial charge in [-0.1, -0.05) is 6.92 Å². The van der Waals surface area contributed by atoms with Gasteiger partial charge in [-0.05, 0) is 59.2 Å². The van der Waals surface area contributed by atoms with Crippen molar-refractivity contribution in [2.24, 2.45) is 17.8 Å². The van der Waals surface area contributed by atoms with Gasteiger partial charge in [-0.3, -0.25) is 4.79 Å². The van der Waals surface area contributed by atoms with Gasteiger partial charge in [-0.15, -0.1) is 0 Å². The normalized spacial score (nSPS) is 38.0. The van der Waals surface area contributed by atoms with Crippen LogP contribution in [0.5, 0.6) is 0 Å². The molecule has 1 saturated heterocycles. The molecule has 0 bridgehead atoms. The molecule has 1 heterocycles. The van der Waals surface area contributed by atoms with Gasteiger partial charge in [0.25, 0.3) is 0 Å². The molecule has 2 aliphatic rings. The van der Waals surface area contributed by atoms with Gasteiger partial charge in [-0.25, -0.2) is 0 Å². The summed E-state index contributed by atoms with van der Waals surface area (Å²) in [5, 5.41) is 3.11. The smallest absolute Gasteiger partial charge is 0.223 e. The third-order valence-electron chi connectivity index (χ3n) is 5.69. The van der Waals surface area contributed by atoms with E-state index in [0.717, 1.165) is 25.9 Å². The highest BCUT2D eigenvalue weighted by atomic mass is 16.1. The molecule has 0 radical (unpaired) electrons. The fourth-order valence-electron chi connectivity index (χ4n) is 4.08. The predicted molar refractivity (Wildman–Crippen MR) is 82.6 cm³/mol. The van der Waals surface area contributed by atoms with Crippen LogP contribution >= 0.6 is 0 Å². The number of likely N-dealkylation sites (tertiary alicyclic amines) is 1. The minimum atomic E-state index is 0.236. The first-order valence-corrected chi connectivity index (χ1v) is 8.06. The van der Waals surface area contributed by atoms with E-state index >= 15 is 0 Å². The molecule has 1 aliphatic carbocycles. The van der Waals surface area contributed by atoms with E-state index in [9.17, 15) is 4.79 Å². The molecule has 1 saturated carbocycles. The first kappa shape index (κ1) is 15.8. The van der Waals surface area contributed by atoms with Gasteiger partial charge in [0.1, 0.15) is 0 Å². The number of carbonyl (C=O) groups is 1. The molecule has 2 fully saturated rings. The summed E-state index contributed by atoms with van der Waals surface area (Å²) in [6, 6.07) is 1.35. The summed E-state index contributed by atoms with van der Waals surface area (Å²) in [5.74, 6) is 1.93. The van der Waals surface area contributed by atoms with E-state index in [1.807, 2.05) is 14.1 Å². The van der Waals surface area contributed by atoms with Crippen molar-refractivity contribution in [3.8, 4) is 0 Å². The highest BCUT2D eigenvalue weighted by Crippen LogP contribution is 2.44. The van der Waals surface area contributed by atoms with E-state index in [4.69, 9.17) is 0 Å². The largest absolute Gasteiger partial charge is 0.355 e. The molecule has 0 spiro atoms. The molecule has 116 valence electrons. The Bertz CT molecular complexity index is 345. The zero-order chi connectivity index (χ0) is 14.9. The number of nitrogens with zero attached hydrogens (tertiary/aromatic N) is 2. The second-order valence-corrected chi connectivity index (χ2v) is 7.10. The van der Waals surface area contributed by atoms with Gasteiger partial charge < -0.3 is 15.1 Å². The first-order valence-electron chi connectivity index (χ1n) is 8.06. The molecule has 4 nitrogen and oxygen atoms in total. The van der Waals surface area contributed by atoms with Crippen molar-refractivity contribution in [3.05, 3.63) is 0 Å². The van der Waals surface area contributed by atoms with Crippen molar-refractivity contribution in [1.29, 1.82) is 0 Å². The Morgan fingerprint density at radius 3 is 2.65 bits per heavy atom. The third-order valence-corrected chi connectivity index (χ3v) is 5.69. The molecule has 5 unspecified atom stereocenters. The molecular formula is C16H31N3O. The average molecular weight is 281 g/mol. The lowest BCUT2D eigenvalue weighted by Crippen LogP contribution is -2.42. The number of carbonyl (C=O) groups excluding carboxylic acids is 1. The Kier molecular flexibility index (Phi) is 5.08. The first-order chi connectivity index (χ1) is 9.41. The lowest BCUT2D eigenvalue weighted by molar-refractivity contribution is -0.126. The molecule has 0 aromatic heterocycles. The van der Waals surface area contributed by atoms with Gasteiger partial charge in [0.15, 0.2) is 0 Å². The van der Waals surface area contributed by atoms with E-state index < -0.39 is 0 Å². The summed E-state index contributed by atoms with van der Waals surface area (Å²) < 4.78 is 0. The average Bonchev–Trinajstić information content (AvgIpc) is 2.63. The zero-order valence-electron chi connectivity index (χ0n) is 13.7. The second kappa shape index (κ2) is 6.44. The molecule has 1 amide bonds. The Morgan fingerprint density at radius 2 is 2.00 bits per heavy atom. The van der Waals surface area contributed by atoms with Crippen LogP contribution in [-0.2, 0) is 4.79 Å². The van der Waals surface area contributed by atoms with Crippen molar-refractivity contribution < 1.29 is 4.79 Å². The molecule has 20 heavy (non-hydrogen) atoms. The van der Waals surface area contributed by atoms with Crippen molar-refractivity contribution in [3.63, 3.8) is 0 Å². The SMILES string of the molecule is CC1C2CC(C(=O)NCCN(C)C)CCC2N(C)C1C. The van der Waals surface area contributed by atoms with Crippen molar-refractivity contribution >= 4 is 5.91 Å². The van der Waals surface area contributed by atoms with E-state index in [1.54, 1.807) is 0 Å². The number of amides is 1. The summed E-state index contributed by atoms with van der Waals surface area (Å²) in [4.78, 5) is 16.9. The van der Waals surface area contributed by atoms with Crippen LogP contribution < -0.4 is 5.32 Å². The Balaban J connectivity index is 1.86. The minimum Gasteiger partial charge on any atom is -0.355 e. The number of likely N-dealkylation sites (N-methyl/N-ethyl adjacent to an activating group) is 1. The second-order valence-electron chi connectivity index (χ2n) is 7.10. The van der Waals surface area contributed by atoms with Gasteiger partial charge in [-0.2, -0.15) is 0 Å². The van der Waals surface area contributed by atoms with E-state index in [1.165, 1.54) is 6.42 Å². The Labute approximate surface area is 123 Å². The van der Waals surface area contributed by atoms with Crippen molar-refractivity contribution in [2.75, 3.05) is 34.2 Å². The predicted octanol–water partition coefficient (Wildman–Crippen LogP) is 1.42. The van der Waals surface area contributed by atoms with Crippen molar-refractivity contribution in [2.45, 2.75) is 45.2 Å². The fraction of sp³-hybridized carbons (Fsp3) is 0.938. The highest BCUT2D eigenvalue weighted by Gasteiger charge is 2.46. The third kappa shape index (κ3) is 3.17. The van der Waals surface area contributed by atoms with Crippen molar-refractivity contribution in [1.82, 2.24) is 15.1 Å². The lowest BCUT2D eigenvalue weighted by atomic mass is 9.74. The minimum absolute atomic E-state index is 0.236. The topological polar surface area (TPSA) is 35.6 Å². The van der Waals surface area contributed by atoms with Crippen LogP contribution in [0.4, 0.5) is 0 Å². The van der Waals surface area contributed by atoms with Gasteiger partial charge >= 0.3 is 0 Å². The Hall–Kier alpha value is -0.610. The molecular weight excluding hydrogens is 250 g/mol. The number of hydrogen-bond donors (Lipinski definition) is 1. The van der Waals surface area contributed by atoms with Gasteiger partial charge in [0, 0.05) is 31.1 Å². The summed E-state index contributed by atoms with van der Waals surface area (Å²) in [6.07, 6.45) is 3.31. The molecule has 2 rings (SSSR count). The summed E-state index contributed by atoms with van der Waals surface area (Å²) in [5.41, 5.74) is 0. The lowest BCUT2D eigenvalue weighted by Gasteiger charge is -2.34. The van der Waals surface area contributed by atoms with E-state index in [0.29, 0.717) is 23.9 Å². The van der Waals surface area contributed by atoms with E-state index in [-0.39, 0.29) is 11.8 Å². The van der Waals surface area contributed by atoms with Crippen LogP contribution in [0.2, 0.25) is 0 Å². The number of nitrogens with one attached hydrogen (secondary N) is 1. The molecule has 0 aromatic rings. The van der Waals surface area contributed by atoms with Crippen LogP contribution in [0.25, 0.3) is 0 Å². The number of fused-ring (bicyclic) bond motifs is 1. The van der Waals surface area contributed by atoms with Crippen LogP contribution in [0.1, 0.15) is 33.1 Å². The fourth-order valence-corrected chi connectivity index (χ4v) is 4.08. The van der Waals surface area contributed by atoms with Crippen LogP contribution in [0.3, 0.4) is 0 Å².